The van der Waals surface area contributed by atoms with Gasteiger partial charge in [0.15, 0.2) is 5.82 Å². The van der Waals surface area contributed by atoms with E-state index in [0.29, 0.717) is 0 Å². The highest BCUT2D eigenvalue weighted by Gasteiger charge is 2.11. The molecule has 4 rings (SSSR count). The Balaban J connectivity index is 1.50. The third kappa shape index (κ3) is 4.40. The summed E-state index contributed by atoms with van der Waals surface area (Å²) < 4.78 is 10.7. The number of morpholine rings is 1. The van der Waals surface area contributed by atoms with Crippen molar-refractivity contribution in [1.82, 2.24) is 14.9 Å². The zero-order valence-corrected chi connectivity index (χ0v) is 16.2. The Kier molecular flexibility index (Phi) is 5.99. The van der Waals surface area contributed by atoms with Crippen LogP contribution in [0.5, 0.6) is 5.75 Å². The summed E-state index contributed by atoms with van der Waals surface area (Å²) in [5.41, 5.74) is 1.92. The Morgan fingerprint density at radius 1 is 1.04 bits per heavy atom. The number of rotatable bonds is 7. The second-order valence-corrected chi connectivity index (χ2v) is 6.88. The van der Waals surface area contributed by atoms with Gasteiger partial charge < -0.3 is 14.8 Å². The van der Waals surface area contributed by atoms with Gasteiger partial charge in [0.2, 0.25) is 0 Å². The molecule has 1 saturated heterocycles. The van der Waals surface area contributed by atoms with Crippen LogP contribution in [0.4, 0.5) is 5.82 Å². The lowest BCUT2D eigenvalue weighted by atomic mass is 10.1. The summed E-state index contributed by atoms with van der Waals surface area (Å²) in [4.78, 5) is 12.0. The molecule has 1 fully saturated rings. The molecular formula is C22H26N4O2. The van der Waals surface area contributed by atoms with Gasteiger partial charge in [0.05, 0.1) is 25.8 Å². The van der Waals surface area contributed by atoms with Crippen molar-refractivity contribution in [3.63, 3.8) is 0 Å². The van der Waals surface area contributed by atoms with Crippen molar-refractivity contribution in [3.05, 3.63) is 48.5 Å². The summed E-state index contributed by atoms with van der Waals surface area (Å²) in [6, 6.07) is 16.0. The van der Waals surface area contributed by atoms with Crippen LogP contribution < -0.4 is 10.1 Å². The van der Waals surface area contributed by atoms with Gasteiger partial charge in [0.1, 0.15) is 11.6 Å². The Bertz CT molecular complexity index is 908. The number of nitrogens with zero attached hydrogens (tertiary/aromatic N) is 3. The minimum absolute atomic E-state index is 0.719. The Labute approximate surface area is 165 Å². The number of aromatic nitrogens is 2. The van der Waals surface area contributed by atoms with Crippen molar-refractivity contribution >= 4 is 16.7 Å². The molecule has 0 aliphatic carbocycles. The van der Waals surface area contributed by atoms with E-state index < -0.39 is 0 Å². The molecule has 146 valence electrons. The molecule has 2 aromatic carbocycles. The molecule has 0 spiro atoms. The van der Waals surface area contributed by atoms with Crippen LogP contribution in [0.25, 0.3) is 22.3 Å². The molecule has 1 N–H and O–H groups in total. The van der Waals surface area contributed by atoms with Crippen LogP contribution in [0.2, 0.25) is 0 Å². The average molecular weight is 378 g/mol. The Hall–Kier alpha value is -2.70. The smallest absolute Gasteiger partial charge is 0.162 e. The zero-order chi connectivity index (χ0) is 19.2. The molecule has 2 heterocycles. The second-order valence-electron chi connectivity index (χ2n) is 6.88. The molecule has 1 aromatic heterocycles. The van der Waals surface area contributed by atoms with Gasteiger partial charge in [-0.3, -0.25) is 4.90 Å². The molecular weight excluding hydrogens is 352 g/mol. The molecule has 0 radical (unpaired) electrons. The minimum Gasteiger partial charge on any atom is -0.497 e. The van der Waals surface area contributed by atoms with E-state index in [1.54, 1.807) is 7.11 Å². The molecule has 0 saturated carbocycles. The number of para-hydroxylation sites is 1. The molecule has 1 aliphatic rings. The summed E-state index contributed by atoms with van der Waals surface area (Å²) in [6.45, 7) is 5.69. The highest BCUT2D eigenvalue weighted by Crippen LogP contribution is 2.26. The van der Waals surface area contributed by atoms with E-state index in [0.717, 1.165) is 79.7 Å². The summed E-state index contributed by atoms with van der Waals surface area (Å²) in [5.74, 6) is 2.43. The van der Waals surface area contributed by atoms with Crippen LogP contribution in [0.3, 0.4) is 0 Å². The first-order valence-electron chi connectivity index (χ1n) is 9.79. The number of ether oxygens (including phenoxy) is 2. The van der Waals surface area contributed by atoms with E-state index in [9.17, 15) is 0 Å². The van der Waals surface area contributed by atoms with E-state index in [-0.39, 0.29) is 0 Å². The molecule has 1 aliphatic heterocycles. The molecule has 0 unspecified atom stereocenters. The maximum absolute atomic E-state index is 5.41. The second kappa shape index (κ2) is 8.99. The van der Waals surface area contributed by atoms with Crippen LogP contribution >= 0.6 is 0 Å². The predicted molar refractivity (Wildman–Crippen MR) is 112 cm³/mol. The Morgan fingerprint density at radius 2 is 1.82 bits per heavy atom. The van der Waals surface area contributed by atoms with E-state index in [1.165, 1.54) is 0 Å². The van der Waals surface area contributed by atoms with Gasteiger partial charge in [-0.1, -0.05) is 12.1 Å². The highest BCUT2D eigenvalue weighted by molar-refractivity contribution is 5.90. The number of methoxy groups -OCH3 is 1. The van der Waals surface area contributed by atoms with Crippen LogP contribution in [0.1, 0.15) is 6.42 Å². The first kappa shape index (κ1) is 18.7. The van der Waals surface area contributed by atoms with Crippen LogP contribution in [0, 0.1) is 0 Å². The van der Waals surface area contributed by atoms with Gasteiger partial charge in [0, 0.05) is 30.6 Å². The summed E-state index contributed by atoms with van der Waals surface area (Å²) in [7, 11) is 1.67. The predicted octanol–water partition coefficient (Wildman–Crippen LogP) is 3.44. The van der Waals surface area contributed by atoms with Crippen LogP contribution in [-0.2, 0) is 4.74 Å². The topological polar surface area (TPSA) is 59.5 Å². The molecule has 28 heavy (non-hydrogen) atoms. The monoisotopic (exact) mass is 378 g/mol. The Morgan fingerprint density at radius 3 is 2.61 bits per heavy atom. The minimum atomic E-state index is 0.719. The standard InChI is InChI=1S/C22H26N4O2/c1-27-18-9-7-17(8-10-18)21-24-20-6-3-2-5-19(20)22(25-21)23-11-4-12-26-13-15-28-16-14-26/h2-3,5-10H,4,11-16H2,1H3,(H,23,24,25). The van der Waals surface area contributed by atoms with Crippen LogP contribution in [0.15, 0.2) is 48.5 Å². The van der Waals surface area contributed by atoms with E-state index in [2.05, 4.69) is 16.3 Å². The van der Waals surface area contributed by atoms with Crippen molar-refractivity contribution in [1.29, 1.82) is 0 Å². The average Bonchev–Trinajstić information content (AvgIpc) is 2.77. The fourth-order valence-electron chi connectivity index (χ4n) is 3.41. The van der Waals surface area contributed by atoms with Crippen molar-refractivity contribution in [2.75, 3.05) is 51.8 Å². The molecule has 0 bridgehead atoms. The molecule has 6 heteroatoms. The molecule has 0 atom stereocenters. The maximum atomic E-state index is 5.41. The zero-order valence-electron chi connectivity index (χ0n) is 16.2. The number of hydrogen-bond acceptors (Lipinski definition) is 6. The van der Waals surface area contributed by atoms with E-state index in [1.807, 2.05) is 42.5 Å². The van der Waals surface area contributed by atoms with E-state index >= 15 is 0 Å². The van der Waals surface area contributed by atoms with Gasteiger partial charge in [-0.15, -0.1) is 0 Å². The lowest BCUT2D eigenvalue weighted by Crippen LogP contribution is -2.37. The van der Waals surface area contributed by atoms with Crippen molar-refractivity contribution in [3.8, 4) is 17.1 Å². The lowest BCUT2D eigenvalue weighted by Gasteiger charge is -2.26. The maximum Gasteiger partial charge on any atom is 0.162 e. The fraction of sp³-hybridized carbons (Fsp3) is 0.364. The lowest BCUT2D eigenvalue weighted by molar-refractivity contribution is 0.0378. The highest BCUT2D eigenvalue weighted by atomic mass is 16.5. The first-order valence-corrected chi connectivity index (χ1v) is 9.79. The third-order valence-electron chi connectivity index (χ3n) is 5.00. The third-order valence-corrected chi connectivity index (χ3v) is 5.00. The molecule has 0 amide bonds. The quantitative estimate of drug-likeness (QED) is 0.636. The number of fused-ring (bicyclic) bond motifs is 1. The van der Waals surface area contributed by atoms with Crippen LogP contribution in [-0.4, -0.2) is 61.4 Å². The van der Waals surface area contributed by atoms with Crippen molar-refractivity contribution in [2.45, 2.75) is 6.42 Å². The van der Waals surface area contributed by atoms with Gasteiger partial charge in [-0.25, -0.2) is 9.97 Å². The number of anilines is 1. The summed E-state index contributed by atoms with van der Waals surface area (Å²) in [5, 5.41) is 4.57. The SMILES string of the molecule is COc1ccc(-c2nc(NCCCN3CCOCC3)c3ccccc3n2)cc1. The van der Waals surface area contributed by atoms with Gasteiger partial charge in [-0.05, 0) is 49.4 Å². The molecule has 3 aromatic rings. The summed E-state index contributed by atoms with van der Waals surface area (Å²) >= 11 is 0. The van der Waals surface area contributed by atoms with Crippen molar-refractivity contribution in [2.24, 2.45) is 0 Å². The number of nitrogens with one attached hydrogen (secondary N) is 1. The van der Waals surface area contributed by atoms with Gasteiger partial charge in [0.25, 0.3) is 0 Å². The number of benzene rings is 2. The normalized spacial score (nSPS) is 14.9. The summed E-state index contributed by atoms with van der Waals surface area (Å²) in [6.07, 6.45) is 1.07. The van der Waals surface area contributed by atoms with Crippen molar-refractivity contribution < 1.29 is 9.47 Å². The van der Waals surface area contributed by atoms with Gasteiger partial charge in [-0.2, -0.15) is 0 Å². The van der Waals surface area contributed by atoms with E-state index in [4.69, 9.17) is 19.4 Å². The molecule has 6 nitrogen and oxygen atoms in total. The largest absolute Gasteiger partial charge is 0.497 e. The number of hydrogen-bond donors (Lipinski definition) is 1. The fourth-order valence-corrected chi connectivity index (χ4v) is 3.41. The van der Waals surface area contributed by atoms with Gasteiger partial charge >= 0.3 is 0 Å². The first-order chi connectivity index (χ1) is 13.8.